The Balaban J connectivity index is 2.31. The normalized spacial score (nSPS) is 11.5. The summed E-state index contributed by atoms with van der Waals surface area (Å²) >= 11 is 1.57. The summed E-state index contributed by atoms with van der Waals surface area (Å²) in [6.07, 6.45) is 3.99. The van der Waals surface area contributed by atoms with Crippen LogP contribution in [0.5, 0.6) is 0 Å². The molecule has 1 aromatic rings. The summed E-state index contributed by atoms with van der Waals surface area (Å²) in [7, 11) is 0. The van der Waals surface area contributed by atoms with E-state index in [-0.39, 0.29) is 5.91 Å². The topological polar surface area (TPSA) is 49.3 Å². The standard InChI is InChI=1S/C13H15NO2S/c1-2-9-17-10-8-14-13(16)12(15)11-6-4-3-5-7-11/h1,3-7,12,15H,8-10H2,(H,14,16)/t12-/m0/s1. The van der Waals surface area contributed by atoms with Gasteiger partial charge in [0.1, 0.15) is 0 Å². The van der Waals surface area contributed by atoms with Crippen LogP contribution in [0.4, 0.5) is 0 Å². The zero-order valence-electron chi connectivity index (χ0n) is 9.43. The van der Waals surface area contributed by atoms with Crippen molar-refractivity contribution in [1.29, 1.82) is 0 Å². The Morgan fingerprint density at radius 3 is 2.82 bits per heavy atom. The molecule has 3 nitrogen and oxygen atoms in total. The van der Waals surface area contributed by atoms with Crippen LogP contribution in [0, 0.1) is 12.3 Å². The van der Waals surface area contributed by atoms with Gasteiger partial charge >= 0.3 is 0 Å². The summed E-state index contributed by atoms with van der Waals surface area (Å²) in [4.78, 5) is 11.6. The number of carbonyl (C=O) groups excluding carboxylic acids is 1. The van der Waals surface area contributed by atoms with Crippen molar-refractivity contribution in [2.45, 2.75) is 6.10 Å². The summed E-state index contributed by atoms with van der Waals surface area (Å²) in [6, 6.07) is 8.85. The van der Waals surface area contributed by atoms with Crippen LogP contribution < -0.4 is 5.32 Å². The van der Waals surface area contributed by atoms with Crippen molar-refractivity contribution < 1.29 is 9.90 Å². The average molecular weight is 249 g/mol. The van der Waals surface area contributed by atoms with Gasteiger partial charge in [0.25, 0.3) is 5.91 Å². The van der Waals surface area contributed by atoms with E-state index < -0.39 is 6.10 Å². The van der Waals surface area contributed by atoms with Gasteiger partial charge in [0.05, 0.1) is 5.75 Å². The summed E-state index contributed by atoms with van der Waals surface area (Å²) in [5.41, 5.74) is 0.598. The maximum absolute atomic E-state index is 11.6. The lowest BCUT2D eigenvalue weighted by Gasteiger charge is -2.11. The molecular weight excluding hydrogens is 234 g/mol. The SMILES string of the molecule is C#CCSCCNC(=O)[C@@H](O)c1ccccc1. The number of aliphatic hydroxyl groups excluding tert-OH is 1. The van der Waals surface area contributed by atoms with Gasteiger partial charge in [0.2, 0.25) is 0 Å². The molecule has 1 amide bonds. The molecule has 0 bridgehead atoms. The van der Waals surface area contributed by atoms with Crippen molar-refractivity contribution >= 4 is 17.7 Å². The van der Waals surface area contributed by atoms with Gasteiger partial charge in [-0.3, -0.25) is 4.79 Å². The highest BCUT2D eigenvalue weighted by atomic mass is 32.2. The van der Waals surface area contributed by atoms with Crippen molar-refractivity contribution in [3.05, 3.63) is 35.9 Å². The van der Waals surface area contributed by atoms with Gasteiger partial charge in [-0.2, -0.15) is 0 Å². The minimum absolute atomic E-state index is 0.377. The summed E-state index contributed by atoms with van der Waals surface area (Å²) in [5, 5.41) is 12.4. The maximum atomic E-state index is 11.6. The Hall–Kier alpha value is -1.44. The second kappa shape index (κ2) is 7.77. The summed E-state index contributed by atoms with van der Waals surface area (Å²) in [6.45, 7) is 0.509. The van der Waals surface area contributed by atoms with E-state index in [9.17, 15) is 9.90 Å². The van der Waals surface area contributed by atoms with E-state index in [1.807, 2.05) is 6.07 Å². The largest absolute Gasteiger partial charge is 0.378 e. The first-order chi connectivity index (χ1) is 8.25. The van der Waals surface area contributed by atoms with Gasteiger partial charge in [-0.25, -0.2) is 0 Å². The Labute approximate surface area is 106 Å². The summed E-state index contributed by atoms with van der Waals surface area (Å²) in [5.74, 6) is 3.51. The Morgan fingerprint density at radius 1 is 1.47 bits per heavy atom. The number of terminal acetylenes is 1. The number of benzene rings is 1. The fraction of sp³-hybridized carbons (Fsp3) is 0.308. The molecule has 0 radical (unpaired) electrons. The monoisotopic (exact) mass is 249 g/mol. The van der Waals surface area contributed by atoms with Gasteiger partial charge in [-0.1, -0.05) is 36.3 Å². The van der Waals surface area contributed by atoms with Gasteiger partial charge in [-0.15, -0.1) is 18.2 Å². The number of hydrogen-bond acceptors (Lipinski definition) is 3. The highest BCUT2D eigenvalue weighted by Crippen LogP contribution is 2.11. The quantitative estimate of drug-likeness (QED) is 0.588. The zero-order valence-corrected chi connectivity index (χ0v) is 10.2. The number of amides is 1. The number of rotatable bonds is 6. The van der Waals surface area contributed by atoms with E-state index in [1.165, 1.54) is 0 Å². The lowest BCUT2D eigenvalue weighted by Crippen LogP contribution is -2.31. The van der Waals surface area contributed by atoms with Crippen molar-refractivity contribution in [3.63, 3.8) is 0 Å². The molecule has 1 aromatic carbocycles. The molecule has 0 fully saturated rings. The molecule has 4 heteroatoms. The highest BCUT2D eigenvalue weighted by Gasteiger charge is 2.15. The molecule has 1 atom stereocenters. The lowest BCUT2D eigenvalue weighted by molar-refractivity contribution is -0.129. The molecule has 0 aliphatic carbocycles. The van der Waals surface area contributed by atoms with E-state index in [0.717, 1.165) is 5.75 Å². The Kier molecular flexibility index (Phi) is 6.23. The predicted molar refractivity (Wildman–Crippen MR) is 70.6 cm³/mol. The Morgan fingerprint density at radius 2 is 2.18 bits per heavy atom. The molecule has 0 heterocycles. The van der Waals surface area contributed by atoms with Crippen LogP contribution in [-0.2, 0) is 4.79 Å². The van der Waals surface area contributed by atoms with E-state index in [1.54, 1.807) is 36.0 Å². The minimum atomic E-state index is -1.10. The molecule has 0 aliphatic rings. The van der Waals surface area contributed by atoms with Gasteiger partial charge in [0.15, 0.2) is 6.10 Å². The summed E-state index contributed by atoms with van der Waals surface area (Å²) < 4.78 is 0. The van der Waals surface area contributed by atoms with Crippen LogP contribution in [-0.4, -0.2) is 29.1 Å². The first-order valence-corrected chi connectivity index (χ1v) is 6.43. The number of thioether (sulfide) groups is 1. The molecule has 0 spiro atoms. The van der Waals surface area contributed by atoms with E-state index in [0.29, 0.717) is 17.9 Å². The molecule has 0 aliphatic heterocycles. The predicted octanol–water partition coefficient (Wildman–Crippen LogP) is 1.20. The van der Waals surface area contributed by atoms with Crippen LogP contribution in [0.1, 0.15) is 11.7 Å². The van der Waals surface area contributed by atoms with E-state index in [2.05, 4.69) is 11.2 Å². The van der Waals surface area contributed by atoms with Crippen molar-refractivity contribution in [1.82, 2.24) is 5.32 Å². The highest BCUT2D eigenvalue weighted by molar-refractivity contribution is 7.99. The zero-order chi connectivity index (χ0) is 12.5. The fourth-order valence-electron chi connectivity index (χ4n) is 1.26. The third-order valence-electron chi connectivity index (χ3n) is 2.09. The lowest BCUT2D eigenvalue weighted by atomic mass is 10.1. The first kappa shape index (κ1) is 13.6. The number of nitrogens with one attached hydrogen (secondary N) is 1. The molecule has 0 aromatic heterocycles. The molecule has 1 rings (SSSR count). The van der Waals surface area contributed by atoms with Crippen LogP contribution in [0.2, 0.25) is 0 Å². The van der Waals surface area contributed by atoms with Gasteiger partial charge in [0, 0.05) is 12.3 Å². The van der Waals surface area contributed by atoms with Gasteiger partial charge < -0.3 is 10.4 Å². The minimum Gasteiger partial charge on any atom is -0.378 e. The first-order valence-electron chi connectivity index (χ1n) is 5.27. The maximum Gasteiger partial charge on any atom is 0.253 e. The molecule has 2 N–H and O–H groups in total. The van der Waals surface area contributed by atoms with Crippen LogP contribution in [0.15, 0.2) is 30.3 Å². The third kappa shape index (κ3) is 4.94. The molecule has 0 unspecified atom stereocenters. The van der Waals surface area contributed by atoms with Crippen LogP contribution in [0.3, 0.4) is 0 Å². The molecule has 0 saturated heterocycles. The smallest absolute Gasteiger partial charge is 0.253 e. The third-order valence-corrected chi connectivity index (χ3v) is 2.96. The fourth-order valence-corrected chi connectivity index (χ4v) is 1.77. The number of hydrogen-bond donors (Lipinski definition) is 2. The average Bonchev–Trinajstić information content (AvgIpc) is 2.38. The Bertz CT molecular complexity index is 386. The number of aliphatic hydroxyl groups is 1. The number of carbonyl (C=O) groups is 1. The molecular formula is C13H15NO2S. The molecule has 0 saturated carbocycles. The van der Waals surface area contributed by atoms with Crippen LogP contribution in [0.25, 0.3) is 0 Å². The van der Waals surface area contributed by atoms with Crippen molar-refractivity contribution in [2.24, 2.45) is 0 Å². The van der Waals surface area contributed by atoms with E-state index >= 15 is 0 Å². The van der Waals surface area contributed by atoms with Gasteiger partial charge in [-0.05, 0) is 5.56 Å². The van der Waals surface area contributed by atoms with Crippen molar-refractivity contribution in [3.8, 4) is 12.3 Å². The molecule has 17 heavy (non-hydrogen) atoms. The second-order valence-electron chi connectivity index (χ2n) is 3.36. The molecule has 90 valence electrons. The van der Waals surface area contributed by atoms with E-state index in [4.69, 9.17) is 6.42 Å². The van der Waals surface area contributed by atoms with Crippen LogP contribution >= 0.6 is 11.8 Å². The van der Waals surface area contributed by atoms with Crippen molar-refractivity contribution in [2.75, 3.05) is 18.1 Å². The second-order valence-corrected chi connectivity index (χ2v) is 4.47.